The molecule has 0 heterocycles. The van der Waals surface area contributed by atoms with Crippen LogP contribution in [0.15, 0.2) is 48.5 Å². The Bertz CT molecular complexity index is 1100. The van der Waals surface area contributed by atoms with E-state index in [1.54, 1.807) is 0 Å². The zero-order valence-electron chi connectivity index (χ0n) is 19.5. The van der Waals surface area contributed by atoms with Crippen molar-refractivity contribution in [2.75, 3.05) is 26.3 Å². The molecule has 0 unspecified atom stereocenters. The van der Waals surface area contributed by atoms with E-state index in [4.69, 9.17) is 4.74 Å². The number of carbonyl (C=O) groups is 3. The predicted octanol–water partition coefficient (Wildman–Crippen LogP) is 3.13. The maximum atomic E-state index is 13.4. The molecule has 3 aliphatic rings. The van der Waals surface area contributed by atoms with Crippen LogP contribution in [0.2, 0.25) is 0 Å². The average Bonchev–Trinajstić information content (AvgIpc) is 3.11. The molecule has 3 N–H and O–H groups in total. The topological polar surface area (TPSA) is 116 Å². The standard InChI is InChI=1S/C27H30N2O6/c30-13-12-29(14-23(31)32)24(33)27(16-26(17-27)10-5-11-26)28-25(34)35-15-22-20-8-3-1-6-18(20)19-7-2-4-9-21(19)22/h1-4,6-9,22,30H,5,10-17H2,(H,28,34)(H,31,32). The van der Waals surface area contributed by atoms with Gasteiger partial charge < -0.3 is 25.2 Å². The quantitative estimate of drug-likeness (QED) is 0.537. The third-order valence-electron chi connectivity index (χ3n) is 7.85. The Balaban J connectivity index is 1.31. The monoisotopic (exact) mass is 478 g/mol. The van der Waals surface area contributed by atoms with E-state index in [9.17, 15) is 24.6 Å². The number of aliphatic carboxylic acids is 1. The van der Waals surface area contributed by atoms with Crippen molar-refractivity contribution in [1.29, 1.82) is 0 Å². The number of carboxylic acids is 1. The molecule has 0 bridgehead atoms. The molecule has 2 saturated carbocycles. The third kappa shape index (κ3) is 4.16. The van der Waals surface area contributed by atoms with E-state index in [0.717, 1.165) is 46.4 Å². The van der Waals surface area contributed by atoms with E-state index >= 15 is 0 Å². The minimum absolute atomic E-state index is 0.0282. The highest BCUT2D eigenvalue weighted by Crippen LogP contribution is 2.61. The molecule has 2 aromatic rings. The summed E-state index contributed by atoms with van der Waals surface area (Å²) in [6.45, 7) is -0.858. The Kier molecular flexibility index (Phi) is 6.01. The molecule has 0 aromatic heterocycles. The summed E-state index contributed by atoms with van der Waals surface area (Å²) < 4.78 is 5.68. The van der Waals surface area contributed by atoms with Crippen LogP contribution < -0.4 is 5.32 Å². The molecule has 0 atom stereocenters. The Morgan fingerprint density at radius 2 is 1.60 bits per heavy atom. The van der Waals surface area contributed by atoms with Gasteiger partial charge in [0.25, 0.3) is 0 Å². The molecular formula is C27H30N2O6. The maximum Gasteiger partial charge on any atom is 0.408 e. The highest BCUT2D eigenvalue weighted by Gasteiger charge is 2.62. The van der Waals surface area contributed by atoms with Gasteiger partial charge in [-0.25, -0.2) is 4.79 Å². The van der Waals surface area contributed by atoms with Gasteiger partial charge in [-0.2, -0.15) is 0 Å². The molecule has 0 radical (unpaired) electrons. The summed E-state index contributed by atoms with van der Waals surface area (Å²) in [5, 5.41) is 21.4. The van der Waals surface area contributed by atoms with Crippen molar-refractivity contribution in [3.8, 4) is 11.1 Å². The van der Waals surface area contributed by atoms with Crippen molar-refractivity contribution in [2.24, 2.45) is 5.41 Å². The molecule has 2 fully saturated rings. The van der Waals surface area contributed by atoms with Crippen LogP contribution in [0.3, 0.4) is 0 Å². The lowest BCUT2D eigenvalue weighted by Crippen LogP contribution is -2.71. The van der Waals surface area contributed by atoms with Gasteiger partial charge in [0.1, 0.15) is 18.7 Å². The minimum Gasteiger partial charge on any atom is -0.480 e. The molecule has 5 rings (SSSR count). The number of carbonyl (C=O) groups excluding carboxylic acids is 2. The number of benzene rings is 2. The van der Waals surface area contributed by atoms with Gasteiger partial charge in [0.2, 0.25) is 5.91 Å². The van der Waals surface area contributed by atoms with Crippen LogP contribution >= 0.6 is 0 Å². The third-order valence-corrected chi connectivity index (χ3v) is 7.85. The number of carboxylic acid groups (broad SMARTS) is 1. The second-order valence-electron chi connectivity index (χ2n) is 10.1. The van der Waals surface area contributed by atoms with E-state index < -0.39 is 30.1 Å². The fraction of sp³-hybridized carbons (Fsp3) is 0.444. The maximum absolute atomic E-state index is 13.4. The summed E-state index contributed by atoms with van der Waals surface area (Å²) >= 11 is 0. The molecule has 0 saturated heterocycles. The Hall–Kier alpha value is -3.39. The molecule has 2 amide bonds. The zero-order chi connectivity index (χ0) is 24.6. The number of ether oxygens (including phenoxy) is 1. The van der Waals surface area contributed by atoms with Gasteiger partial charge in [-0.3, -0.25) is 9.59 Å². The molecule has 184 valence electrons. The number of nitrogens with zero attached hydrogens (tertiary/aromatic N) is 1. The zero-order valence-corrected chi connectivity index (χ0v) is 19.5. The summed E-state index contributed by atoms with van der Waals surface area (Å²) in [4.78, 5) is 38.8. The van der Waals surface area contributed by atoms with Crippen molar-refractivity contribution >= 4 is 18.0 Å². The largest absolute Gasteiger partial charge is 0.480 e. The first kappa shape index (κ1) is 23.4. The van der Waals surface area contributed by atoms with Crippen molar-refractivity contribution in [3.63, 3.8) is 0 Å². The van der Waals surface area contributed by atoms with Crippen LogP contribution in [-0.2, 0) is 14.3 Å². The predicted molar refractivity (Wildman–Crippen MR) is 128 cm³/mol. The molecule has 1 spiro atoms. The van der Waals surface area contributed by atoms with Gasteiger partial charge in [0, 0.05) is 12.5 Å². The first-order chi connectivity index (χ1) is 16.9. The minimum atomic E-state index is -1.20. The van der Waals surface area contributed by atoms with Gasteiger partial charge in [0.15, 0.2) is 0 Å². The number of aliphatic hydroxyl groups excluding tert-OH is 1. The molecule has 35 heavy (non-hydrogen) atoms. The number of nitrogens with one attached hydrogen (secondary N) is 1. The van der Waals surface area contributed by atoms with Crippen molar-refractivity contribution in [3.05, 3.63) is 59.7 Å². The molecule has 2 aromatic carbocycles. The molecule has 8 heteroatoms. The van der Waals surface area contributed by atoms with Crippen LogP contribution in [-0.4, -0.2) is 64.9 Å². The van der Waals surface area contributed by atoms with Gasteiger partial charge in [0.05, 0.1) is 6.61 Å². The van der Waals surface area contributed by atoms with E-state index in [-0.39, 0.29) is 31.1 Å². The Morgan fingerprint density at radius 3 is 2.11 bits per heavy atom. The summed E-state index contributed by atoms with van der Waals surface area (Å²) in [5.74, 6) is -1.74. The fourth-order valence-electron chi connectivity index (χ4n) is 6.22. The number of hydrogen-bond acceptors (Lipinski definition) is 5. The average molecular weight is 479 g/mol. The lowest BCUT2D eigenvalue weighted by molar-refractivity contribution is -0.159. The second kappa shape index (κ2) is 9.00. The summed E-state index contributed by atoms with van der Waals surface area (Å²) in [5.41, 5.74) is 3.28. The van der Waals surface area contributed by atoms with E-state index in [2.05, 4.69) is 17.4 Å². The number of aliphatic hydroxyl groups is 1. The Labute approximate surface area is 203 Å². The number of rotatable bonds is 8. The van der Waals surface area contributed by atoms with Crippen LogP contribution in [0.5, 0.6) is 0 Å². The highest BCUT2D eigenvalue weighted by molar-refractivity contribution is 5.93. The number of hydrogen-bond donors (Lipinski definition) is 3. The number of amides is 2. The van der Waals surface area contributed by atoms with Crippen molar-refractivity contribution in [1.82, 2.24) is 10.2 Å². The van der Waals surface area contributed by atoms with Crippen LogP contribution in [0.4, 0.5) is 4.79 Å². The van der Waals surface area contributed by atoms with Crippen LogP contribution in [0.25, 0.3) is 11.1 Å². The normalized spacial score (nSPS) is 18.5. The van der Waals surface area contributed by atoms with E-state index in [1.165, 1.54) is 0 Å². The summed E-state index contributed by atoms with van der Waals surface area (Å²) in [7, 11) is 0. The van der Waals surface area contributed by atoms with Gasteiger partial charge in [-0.05, 0) is 53.4 Å². The summed E-state index contributed by atoms with van der Waals surface area (Å²) in [6.07, 6.45) is 3.31. The smallest absolute Gasteiger partial charge is 0.408 e. The van der Waals surface area contributed by atoms with Crippen LogP contribution in [0, 0.1) is 5.41 Å². The molecule has 8 nitrogen and oxygen atoms in total. The SMILES string of the molecule is O=C(O)CN(CCO)C(=O)C1(NC(=O)OCC2c3ccccc3-c3ccccc32)CC2(CCC2)C1. The van der Waals surface area contributed by atoms with Gasteiger partial charge >= 0.3 is 12.1 Å². The first-order valence-electron chi connectivity index (χ1n) is 12.1. The fourth-order valence-corrected chi connectivity index (χ4v) is 6.22. The van der Waals surface area contributed by atoms with Crippen molar-refractivity contribution < 1.29 is 29.3 Å². The summed E-state index contributed by atoms with van der Waals surface area (Å²) in [6, 6.07) is 16.1. The van der Waals surface area contributed by atoms with Gasteiger partial charge in [-0.1, -0.05) is 55.0 Å². The van der Waals surface area contributed by atoms with Crippen LogP contribution in [0.1, 0.15) is 49.1 Å². The second-order valence-corrected chi connectivity index (χ2v) is 10.1. The lowest BCUT2D eigenvalue weighted by Gasteiger charge is -2.60. The number of fused-ring (bicyclic) bond motifs is 3. The molecule has 3 aliphatic carbocycles. The lowest BCUT2D eigenvalue weighted by atomic mass is 9.48. The number of alkyl carbamates (subject to hydrolysis) is 1. The Morgan fingerprint density at radius 1 is 1.00 bits per heavy atom. The van der Waals surface area contributed by atoms with E-state index in [0.29, 0.717) is 12.8 Å². The van der Waals surface area contributed by atoms with Gasteiger partial charge in [-0.15, -0.1) is 0 Å². The highest BCUT2D eigenvalue weighted by atomic mass is 16.5. The molecular weight excluding hydrogens is 448 g/mol. The van der Waals surface area contributed by atoms with E-state index in [1.807, 2.05) is 36.4 Å². The van der Waals surface area contributed by atoms with Crippen molar-refractivity contribution in [2.45, 2.75) is 43.6 Å². The molecule has 0 aliphatic heterocycles. The first-order valence-corrected chi connectivity index (χ1v) is 12.1.